The van der Waals surface area contributed by atoms with Crippen molar-refractivity contribution in [3.8, 4) is 0 Å². The van der Waals surface area contributed by atoms with E-state index in [1.165, 1.54) is 0 Å². The molecule has 3 aromatic rings. The van der Waals surface area contributed by atoms with Crippen molar-refractivity contribution in [3.63, 3.8) is 0 Å². The van der Waals surface area contributed by atoms with Gasteiger partial charge in [-0.25, -0.2) is 18.7 Å². The molecule has 1 heterocycles. The molecule has 0 aliphatic carbocycles. The molecule has 0 aliphatic heterocycles. The van der Waals surface area contributed by atoms with Gasteiger partial charge in [0.25, 0.3) is 6.43 Å². The zero-order valence-electron chi connectivity index (χ0n) is 14.4. The summed E-state index contributed by atoms with van der Waals surface area (Å²) in [6.45, 7) is 0.561. The summed E-state index contributed by atoms with van der Waals surface area (Å²) in [6, 6.07) is 15.3. The van der Waals surface area contributed by atoms with Crippen LogP contribution >= 0.6 is 0 Å². The standard InChI is InChI=1S/C19H20F2N4/c1-24(2)14-8-6-7-13(11-14)12-25(3)19-15-9-4-5-10-16(15)22-18(23-19)17(20)21/h4-11,17H,12H2,1-3H3. The molecule has 2 aromatic carbocycles. The SMILES string of the molecule is CN(C)c1cccc(CN(C)c2nc(C(F)F)nc3ccccc23)c1. The maximum absolute atomic E-state index is 13.2. The van der Waals surface area contributed by atoms with Crippen LogP contribution in [-0.2, 0) is 6.54 Å². The lowest BCUT2D eigenvalue weighted by Crippen LogP contribution is -2.19. The molecule has 0 radical (unpaired) electrons. The summed E-state index contributed by atoms with van der Waals surface area (Å²) in [7, 11) is 5.82. The Hall–Kier alpha value is -2.76. The molecule has 3 rings (SSSR count). The minimum Gasteiger partial charge on any atom is -0.378 e. The van der Waals surface area contributed by atoms with E-state index in [0.717, 1.165) is 16.6 Å². The summed E-state index contributed by atoms with van der Waals surface area (Å²) in [4.78, 5) is 12.0. The van der Waals surface area contributed by atoms with Crippen molar-refractivity contribution in [2.24, 2.45) is 0 Å². The first-order chi connectivity index (χ1) is 12.0. The number of hydrogen-bond acceptors (Lipinski definition) is 4. The Morgan fingerprint density at radius 1 is 0.960 bits per heavy atom. The fraction of sp³-hybridized carbons (Fsp3) is 0.263. The Bertz CT molecular complexity index is 880. The lowest BCUT2D eigenvalue weighted by molar-refractivity contribution is 0.141. The number of anilines is 2. The van der Waals surface area contributed by atoms with E-state index in [9.17, 15) is 8.78 Å². The quantitative estimate of drug-likeness (QED) is 0.693. The summed E-state index contributed by atoms with van der Waals surface area (Å²) in [5.41, 5.74) is 2.69. The van der Waals surface area contributed by atoms with Crippen LogP contribution in [0.2, 0.25) is 0 Å². The number of benzene rings is 2. The molecule has 0 saturated carbocycles. The molecule has 1 aromatic heterocycles. The van der Waals surface area contributed by atoms with Crippen molar-refractivity contribution in [2.45, 2.75) is 13.0 Å². The van der Waals surface area contributed by atoms with Gasteiger partial charge >= 0.3 is 0 Å². The molecule has 25 heavy (non-hydrogen) atoms. The van der Waals surface area contributed by atoms with Crippen LogP contribution in [0.1, 0.15) is 17.8 Å². The molecule has 0 saturated heterocycles. The highest BCUT2D eigenvalue weighted by atomic mass is 19.3. The molecule has 130 valence electrons. The largest absolute Gasteiger partial charge is 0.378 e. The molecule has 0 N–H and O–H groups in total. The van der Waals surface area contributed by atoms with Gasteiger partial charge in [0.1, 0.15) is 5.82 Å². The predicted octanol–water partition coefficient (Wildman–Crippen LogP) is 4.27. The molecule has 0 atom stereocenters. The first-order valence-electron chi connectivity index (χ1n) is 7.98. The number of hydrogen-bond donors (Lipinski definition) is 0. The van der Waals surface area contributed by atoms with Gasteiger partial charge in [-0.2, -0.15) is 0 Å². The fourth-order valence-corrected chi connectivity index (χ4v) is 2.75. The van der Waals surface area contributed by atoms with E-state index in [1.807, 2.05) is 61.3 Å². The van der Waals surface area contributed by atoms with E-state index < -0.39 is 12.2 Å². The van der Waals surface area contributed by atoms with E-state index in [1.54, 1.807) is 12.1 Å². The Kier molecular flexibility index (Phi) is 4.79. The highest BCUT2D eigenvalue weighted by molar-refractivity contribution is 5.89. The van der Waals surface area contributed by atoms with Crippen LogP contribution in [0, 0.1) is 0 Å². The molecule has 0 aliphatic rings. The molecule has 0 bridgehead atoms. The number of nitrogens with zero attached hydrogens (tertiary/aromatic N) is 4. The smallest absolute Gasteiger partial charge is 0.297 e. The molecular weight excluding hydrogens is 322 g/mol. The molecule has 0 amide bonds. The first kappa shape index (κ1) is 17.1. The van der Waals surface area contributed by atoms with Gasteiger partial charge in [0.05, 0.1) is 5.52 Å². The van der Waals surface area contributed by atoms with Gasteiger partial charge in [-0.3, -0.25) is 0 Å². The van der Waals surface area contributed by atoms with Crippen molar-refractivity contribution in [2.75, 3.05) is 30.9 Å². The van der Waals surface area contributed by atoms with Crippen molar-refractivity contribution in [1.82, 2.24) is 9.97 Å². The van der Waals surface area contributed by atoms with Gasteiger partial charge < -0.3 is 9.80 Å². The average molecular weight is 342 g/mol. The van der Waals surface area contributed by atoms with E-state index in [4.69, 9.17) is 0 Å². The van der Waals surface area contributed by atoms with Crippen molar-refractivity contribution in [1.29, 1.82) is 0 Å². The van der Waals surface area contributed by atoms with Crippen LogP contribution in [0.25, 0.3) is 10.9 Å². The minimum atomic E-state index is -2.70. The molecule has 0 spiro atoms. The second-order valence-corrected chi connectivity index (χ2v) is 6.14. The number of alkyl halides is 2. The van der Waals surface area contributed by atoms with Gasteiger partial charge in [0.2, 0.25) is 0 Å². The predicted molar refractivity (Wildman–Crippen MR) is 97.4 cm³/mol. The third kappa shape index (κ3) is 3.68. The molecule has 6 heteroatoms. The average Bonchev–Trinajstić information content (AvgIpc) is 2.60. The second-order valence-electron chi connectivity index (χ2n) is 6.14. The number of fused-ring (bicyclic) bond motifs is 1. The van der Waals surface area contributed by atoms with E-state index in [2.05, 4.69) is 16.0 Å². The van der Waals surface area contributed by atoms with Gasteiger partial charge in [-0.15, -0.1) is 0 Å². The van der Waals surface area contributed by atoms with Crippen LogP contribution in [0.15, 0.2) is 48.5 Å². The summed E-state index contributed by atoms with van der Waals surface area (Å²) in [5, 5.41) is 0.762. The van der Waals surface area contributed by atoms with Crippen LogP contribution in [0.4, 0.5) is 20.3 Å². The van der Waals surface area contributed by atoms with Crippen LogP contribution in [0.3, 0.4) is 0 Å². The van der Waals surface area contributed by atoms with Gasteiger partial charge in [0, 0.05) is 38.8 Å². The fourth-order valence-electron chi connectivity index (χ4n) is 2.75. The normalized spacial score (nSPS) is 11.1. The summed E-state index contributed by atoms with van der Waals surface area (Å²) in [6.07, 6.45) is -2.70. The van der Waals surface area contributed by atoms with Crippen LogP contribution in [0.5, 0.6) is 0 Å². The highest BCUT2D eigenvalue weighted by Gasteiger charge is 2.17. The Labute approximate surface area is 145 Å². The third-order valence-electron chi connectivity index (χ3n) is 4.00. The molecule has 4 nitrogen and oxygen atoms in total. The topological polar surface area (TPSA) is 32.3 Å². The molecule has 0 fully saturated rings. The van der Waals surface area contributed by atoms with Crippen LogP contribution < -0.4 is 9.80 Å². The molecular formula is C19H20F2N4. The summed E-state index contributed by atoms with van der Waals surface area (Å²) >= 11 is 0. The van der Waals surface area contributed by atoms with E-state index in [0.29, 0.717) is 17.9 Å². The number of para-hydroxylation sites is 1. The summed E-state index contributed by atoms with van der Waals surface area (Å²) < 4.78 is 26.3. The van der Waals surface area contributed by atoms with Gasteiger partial charge in [0.15, 0.2) is 5.82 Å². The van der Waals surface area contributed by atoms with Crippen molar-refractivity contribution < 1.29 is 8.78 Å². The third-order valence-corrected chi connectivity index (χ3v) is 4.00. The Balaban J connectivity index is 1.99. The van der Waals surface area contributed by atoms with Gasteiger partial charge in [-0.1, -0.05) is 24.3 Å². The zero-order valence-corrected chi connectivity index (χ0v) is 14.4. The van der Waals surface area contributed by atoms with Gasteiger partial charge in [-0.05, 0) is 29.8 Å². The van der Waals surface area contributed by atoms with Crippen LogP contribution in [-0.4, -0.2) is 31.1 Å². The van der Waals surface area contributed by atoms with Crippen molar-refractivity contribution >= 4 is 22.4 Å². The lowest BCUT2D eigenvalue weighted by atomic mass is 10.1. The number of rotatable bonds is 5. The Morgan fingerprint density at radius 3 is 2.44 bits per heavy atom. The second kappa shape index (κ2) is 7.01. The van der Waals surface area contributed by atoms with E-state index >= 15 is 0 Å². The minimum absolute atomic E-state index is 0.442. The maximum Gasteiger partial charge on any atom is 0.297 e. The Morgan fingerprint density at radius 2 is 1.72 bits per heavy atom. The van der Waals surface area contributed by atoms with Crippen molar-refractivity contribution in [3.05, 3.63) is 59.9 Å². The van der Waals surface area contributed by atoms with E-state index in [-0.39, 0.29) is 0 Å². The zero-order chi connectivity index (χ0) is 18.0. The monoisotopic (exact) mass is 342 g/mol. The number of aromatic nitrogens is 2. The number of halogens is 2. The maximum atomic E-state index is 13.2. The lowest BCUT2D eigenvalue weighted by Gasteiger charge is -2.22. The highest BCUT2D eigenvalue weighted by Crippen LogP contribution is 2.27. The molecule has 0 unspecified atom stereocenters. The first-order valence-corrected chi connectivity index (χ1v) is 7.98. The summed E-state index contributed by atoms with van der Waals surface area (Å²) in [5.74, 6) is 0.0683.